The highest BCUT2D eigenvalue weighted by molar-refractivity contribution is 5.28. The summed E-state index contributed by atoms with van der Waals surface area (Å²) in [6.45, 7) is 42.8. The molecule has 0 aromatic heterocycles. The molecule has 0 saturated heterocycles. The van der Waals surface area contributed by atoms with Crippen LogP contribution in [0.5, 0.6) is 0 Å². The van der Waals surface area contributed by atoms with Crippen molar-refractivity contribution in [2.75, 3.05) is 0 Å². The van der Waals surface area contributed by atoms with E-state index in [1.165, 1.54) is 94.2 Å². The van der Waals surface area contributed by atoms with Crippen molar-refractivity contribution in [3.05, 3.63) is 177 Å². The second kappa shape index (κ2) is 37.1. The zero-order valence-electron chi connectivity index (χ0n) is 42.4. The maximum atomic E-state index is 2.36. The van der Waals surface area contributed by atoms with Gasteiger partial charge in [-0.05, 0) is 96.3 Å². The predicted octanol–water partition coefficient (Wildman–Crippen LogP) is 19.2. The third-order valence-electron chi connectivity index (χ3n) is 8.72. The SMILES string of the molecule is CC.CC(C)C.CC1CCCCC1.CCC.Cc1cc(C)cc(C)c1.Cc1ccc(C(C)(C)C)cc1.Cc1cccc(C)c1.Cc1ccccc1.Cc1ccccc1C. The van der Waals surface area contributed by atoms with Crippen LogP contribution in [0.1, 0.15) is 170 Å². The molecule has 330 valence electrons. The molecule has 0 N–H and O–H groups in total. The van der Waals surface area contributed by atoms with E-state index in [2.05, 4.69) is 228 Å². The molecule has 5 aromatic rings. The van der Waals surface area contributed by atoms with Gasteiger partial charge in [-0.25, -0.2) is 0 Å². The van der Waals surface area contributed by atoms with Crippen LogP contribution in [-0.2, 0) is 5.41 Å². The zero-order chi connectivity index (χ0) is 45.8. The van der Waals surface area contributed by atoms with Crippen LogP contribution in [-0.4, -0.2) is 0 Å². The van der Waals surface area contributed by atoms with Crippen molar-refractivity contribution < 1.29 is 0 Å². The van der Waals surface area contributed by atoms with Crippen molar-refractivity contribution in [1.29, 1.82) is 0 Å². The summed E-state index contributed by atoms with van der Waals surface area (Å²) in [7, 11) is 0. The minimum atomic E-state index is 0.285. The van der Waals surface area contributed by atoms with Crippen molar-refractivity contribution in [2.45, 2.75) is 182 Å². The van der Waals surface area contributed by atoms with Crippen molar-refractivity contribution in [1.82, 2.24) is 0 Å². The summed E-state index contributed by atoms with van der Waals surface area (Å²) in [5, 5.41) is 0. The van der Waals surface area contributed by atoms with Gasteiger partial charge in [0.25, 0.3) is 0 Å². The lowest BCUT2D eigenvalue weighted by molar-refractivity contribution is 0.385. The lowest BCUT2D eigenvalue weighted by Crippen LogP contribution is -2.10. The summed E-state index contributed by atoms with van der Waals surface area (Å²) in [5.74, 6) is 1.87. The van der Waals surface area contributed by atoms with Gasteiger partial charge in [0, 0.05) is 0 Å². The Morgan fingerprint density at radius 3 is 0.983 bits per heavy atom. The first kappa shape index (κ1) is 59.4. The lowest BCUT2D eigenvalue weighted by Gasteiger charge is -2.18. The topological polar surface area (TPSA) is 0 Å². The fourth-order valence-corrected chi connectivity index (χ4v) is 5.57. The number of aryl methyl sites for hydroxylation is 9. The molecule has 0 nitrogen and oxygen atoms in total. The molecule has 1 aliphatic carbocycles. The third kappa shape index (κ3) is 39.3. The fourth-order valence-electron chi connectivity index (χ4n) is 5.57. The molecule has 0 unspecified atom stereocenters. The molecule has 0 heterocycles. The first-order valence-electron chi connectivity index (χ1n) is 22.9. The van der Waals surface area contributed by atoms with Gasteiger partial charge in [-0.15, -0.1) is 0 Å². The van der Waals surface area contributed by atoms with Gasteiger partial charge in [-0.2, -0.15) is 0 Å². The second-order valence-electron chi connectivity index (χ2n) is 17.9. The van der Waals surface area contributed by atoms with Crippen molar-refractivity contribution >= 4 is 0 Å². The Kier molecular flexibility index (Phi) is 37.4. The van der Waals surface area contributed by atoms with E-state index in [9.17, 15) is 0 Å². The zero-order valence-corrected chi connectivity index (χ0v) is 42.4. The number of benzene rings is 5. The molecule has 5 aromatic carbocycles. The first-order chi connectivity index (χ1) is 27.7. The third-order valence-corrected chi connectivity index (χ3v) is 8.72. The molecule has 0 radical (unpaired) electrons. The molecule has 1 saturated carbocycles. The van der Waals surface area contributed by atoms with E-state index < -0.39 is 0 Å². The normalized spacial score (nSPS) is 11.2. The molecule has 6 rings (SSSR count). The number of rotatable bonds is 0. The standard InChI is InChI=1S/C11H16.C9H12.2C8H10.C7H14.C7H8.C4H10.C3H8.C2H6/c1-9-5-7-10(8-6-9)11(2,3)4;1-7-4-8(2)6-9(3)5-7;1-7-4-3-5-8(2)6-7;1-7-5-3-4-6-8(7)2;2*1-7-5-3-2-4-6-7;1-4(2)3;1-3-2;1-2/h5-8H,1-4H3;4-6H,1-3H3;2*3-6H,1-2H3;7H,2-6H2,1H3;2-6H,1H3;4H,1-3H3;3H2,1-2H3;1-2H3. The van der Waals surface area contributed by atoms with Crippen LogP contribution in [0.4, 0.5) is 0 Å². The average molecular weight is 803 g/mol. The summed E-state index contributed by atoms with van der Waals surface area (Å²) >= 11 is 0. The molecule has 0 spiro atoms. The minimum Gasteiger partial charge on any atom is -0.0683 e. The summed E-state index contributed by atoms with van der Waals surface area (Å²) in [5.41, 5.74) is 13.8. The predicted molar refractivity (Wildman–Crippen MR) is 274 cm³/mol. The Morgan fingerprint density at radius 2 is 0.746 bits per heavy atom. The van der Waals surface area contributed by atoms with Gasteiger partial charge in [-0.3, -0.25) is 0 Å². The van der Waals surface area contributed by atoms with Crippen LogP contribution in [0.25, 0.3) is 0 Å². The molecule has 0 bridgehead atoms. The fraction of sp³-hybridized carbons (Fsp3) is 0.492. The van der Waals surface area contributed by atoms with Crippen LogP contribution in [0.15, 0.2) is 121 Å². The minimum absolute atomic E-state index is 0.285. The van der Waals surface area contributed by atoms with E-state index in [4.69, 9.17) is 0 Å². The van der Waals surface area contributed by atoms with Crippen LogP contribution in [0, 0.1) is 74.1 Å². The number of hydrogen-bond donors (Lipinski definition) is 0. The van der Waals surface area contributed by atoms with Crippen LogP contribution < -0.4 is 0 Å². The van der Waals surface area contributed by atoms with Gasteiger partial charge >= 0.3 is 0 Å². The molecule has 0 aliphatic heterocycles. The van der Waals surface area contributed by atoms with E-state index in [1.807, 2.05) is 32.0 Å². The van der Waals surface area contributed by atoms with Crippen molar-refractivity contribution in [2.24, 2.45) is 11.8 Å². The Bertz CT molecular complexity index is 1550. The van der Waals surface area contributed by atoms with Crippen LogP contribution in [0.3, 0.4) is 0 Å². The quantitative estimate of drug-likeness (QED) is 0.146. The van der Waals surface area contributed by atoms with Gasteiger partial charge < -0.3 is 0 Å². The highest BCUT2D eigenvalue weighted by Crippen LogP contribution is 2.22. The summed E-state index contributed by atoms with van der Waals surface area (Å²) in [6.07, 6.45) is 8.69. The van der Waals surface area contributed by atoms with Gasteiger partial charge in [0.15, 0.2) is 0 Å². The Hall–Kier alpha value is -3.90. The molecule has 59 heavy (non-hydrogen) atoms. The first-order valence-corrected chi connectivity index (χ1v) is 22.9. The van der Waals surface area contributed by atoms with E-state index in [-0.39, 0.29) is 5.41 Å². The Balaban J connectivity index is -0.000000616. The molecule has 0 amide bonds. The molecular weight excluding hydrogens is 709 g/mol. The van der Waals surface area contributed by atoms with Crippen LogP contribution in [0.2, 0.25) is 0 Å². The van der Waals surface area contributed by atoms with Gasteiger partial charge in [0.1, 0.15) is 0 Å². The average Bonchev–Trinajstić information content (AvgIpc) is 3.15. The largest absolute Gasteiger partial charge is 0.0683 e. The van der Waals surface area contributed by atoms with E-state index >= 15 is 0 Å². The molecule has 1 fully saturated rings. The maximum Gasteiger partial charge on any atom is -0.0132 e. The second-order valence-corrected chi connectivity index (χ2v) is 17.9. The van der Waals surface area contributed by atoms with Crippen molar-refractivity contribution in [3.8, 4) is 0 Å². The van der Waals surface area contributed by atoms with Gasteiger partial charge in [-0.1, -0.05) is 275 Å². The van der Waals surface area contributed by atoms with Crippen molar-refractivity contribution in [3.63, 3.8) is 0 Å². The maximum absolute atomic E-state index is 2.36. The summed E-state index contributed by atoms with van der Waals surface area (Å²) in [4.78, 5) is 0. The highest BCUT2D eigenvalue weighted by Gasteiger charge is 2.12. The number of hydrogen-bond acceptors (Lipinski definition) is 0. The van der Waals surface area contributed by atoms with E-state index in [0.717, 1.165) is 11.8 Å². The molecular formula is C59H94. The summed E-state index contributed by atoms with van der Waals surface area (Å²) < 4.78 is 0. The Morgan fingerprint density at radius 1 is 0.441 bits per heavy atom. The molecule has 1 aliphatic rings. The molecule has 0 atom stereocenters. The lowest BCUT2D eigenvalue weighted by atomic mass is 9.87. The van der Waals surface area contributed by atoms with Crippen LogP contribution >= 0.6 is 0 Å². The highest BCUT2D eigenvalue weighted by atomic mass is 14.2. The van der Waals surface area contributed by atoms with E-state index in [1.54, 1.807) is 0 Å². The van der Waals surface area contributed by atoms with Gasteiger partial charge in [0.2, 0.25) is 0 Å². The monoisotopic (exact) mass is 803 g/mol. The Labute approximate surface area is 369 Å². The smallest absolute Gasteiger partial charge is 0.0132 e. The summed E-state index contributed by atoms with van der Waals surface area (Å²) in [6, 6.07) is 42.4. The van der Waals surface area contributed by atoms with Gasteiger partial charge in [0.05, 0.1) is 0 Å². The van der Waals surface area contributed by atoms with E-state index in [0.29, 0.717) is 0 Å². The molecule has 0 heteroatoms.